The third-order valence-electron chi connectivity index (χ3n) is 4.49. The highest BCUT2D eigenvalue weighted by Crippen LogP contribution is 2.22. The second kappa shape index (κ2) is 7.58. The highest BCUT2D eigenvalue weighted by molar-refractivity contribution is 5.76. The number of rotatable bonds is 5. The van der Waals surface area contributed by atoms with Gasteiger partial charge in [-0.2, -0.15) is 0 Å². The lowest BCUT2D eigenvalue weighted by Gasteiger charge is -2.36. The molecule has 0 aliphatic carbocycles. The van der Waals surface area contributed by atoms with E-state index in [1.165, 1.54) is 12.8 Å². The maximum absolute atomic E-state index is 11.5. The van der Waals surface area contributed by atoms with Crippen LogP contribution >= 0.6 is 0 Å². The van der Waals surface area contributed by atoms with Crippen LogP contribution in [0.25, 0.3) is 0 Å². The van der Waals surface area contributed by atoms with Gasteiger partial charge in [0.1, 0.15) is 5.82 Å². The van der Waals surface area contributed by atoms with Crippen molar-refractivity contribution >= 4 is 11.7 Å². The summed E-state index contributed by atoms with van der Waals surface area (Å²) >= 11 is 0. The maximum atomic E-state index is 11.5. The highest BCUT2D eigenvalue weighted by Gasteiger charge is 2.21. The molecule has 2 rings (SSSR count). The van der Waals surface area contributed by atoms with Crippen LogP contribution in [0.4, 0.5) is 5.82 Å². The van der Waals surface area contributed by atoms with Gasteiger partial charge in [0.05, 0.1) is 6.04 Å². The van der Waals surface area contributed by atoms with Crippen LogP contribution < -0.4 is 10.2 Å². The fourth-order valence-corrected chi connectivity index (χ4v) is 2.91. The van der Waals surface area contributed by atoms with Gasteiger partial charge in [-0.1, -0.05) is 6.92 Å². The quantitative estimate of drug-likeness (QED) is 0.906. The van der Waals surface area contributed by atoms with E-state index in [2.05, 4.69) is 40.3 Å². The maximum Gasteiger partial charge on any atom is 0.220 e. The molecule has 0 saturated carbocycles. The summed E-state index contributed by atoms with van der Waals surface area (Å²) in [6.45, 7) is 5.96. The summed E-state index contributed by atoms with van der Waals surface area (Å²) in [5.74, 6) is 1.10. The molecule has 1 fully saturated rings. The van der Waals surface area contributed by atoms with Gasteiger partial charge in [-0.05, 0) is 51.6 Å². The van der Waals surface area contributed by atoms with E-state index < -0.39 is 0 Å². The van der Waals surface area contributed by atoms with Crippen molar-refractivity contribution in [1.82, 2.24) is 15.2 Å². The molecule has 122 valence electrons. The van der Waals surface area contributed by atoms with E-state index in [4.69, 9.17) is 0 Å². The number of anilines is 1. The lowest BCUT2D eigenvalue weighted by molar-refractivity contribution is -0.121. The molecule has 1 aromatic heterocycles. The minimum absolute atomic E-state index is 0.0218. The number of hydrogen-bond donors (Lipinski definition) is 1. The van der Waals surface area contributed by atoms with E-state index >= 15 is 0 Å². The summed E-state index contributed by atoms with van der Waals surface area (Å²) in [4.78, 5) is 20.7. The molecule has 1 aliphatic rings. The van der Waals surface area contributed by atoms with Gasteiger partial charge in [-0.3, -0.25) is 4.79 Å². The van der Waals surface area contributed by atoms with Crippen LogP contribution in [-0.2, 0) is 4.79 Å². The molecule has 5 heteroatoms. The first-order chi connectivity index (χ1) is 10.5. The van der Waals surface area contributed by atoms with Crippen LogP contribution in [-0.4, -0.2) is 49.0 Å². The second-order valence-corrected chi connectivity index (χ2v) is 6.27. The highest BCUT2D eigenvalue weighted by atomic mass is 16.1. The summed E-state index contributed by atoms with van der Waals surface area (Å²) in [5.41, 5.74) is 1.11. The molecule has 0 radical (unpaired) electrons. The lowest BCUT2D eigenvalue weighted by atomic mass is 10.0. The van der Waals surface area contributed by atoms with Crippen molar-refractivity contribution in [3.05, 3.63) is 23.9 Å². The van der Waals surface area contributed by atoms with Crippen LogP contribution in [0.1, 0.15) is 44.7 Å². The van der Waals surface area contributed by atoms with E-state index in [9.17, 15) is 4.79 Å². The zero-order valence-corrected chi connectivity index (χ0v) is 14.2. The normalized spacial score (nSPS) is 17.6. The number of aromatic nitrogens is 1. The van der Waals surface area contributed by atoms with Crippen molar-refractivity contribution in [1.29, 1.82) is 0 Å². The largest absolute Gasteiger partial charge is 0.356 e. The molecule has 1 N–H and O–H groups in total. The fourth-order valence-electron chi connectivity index (χ4n) is 2.91. The van der Waals surface area contributed by atoms with Gasteiger partial charge < -0.3 is 15.1 Å². The molecule has 2 heterocycles. The van der Waals surface area contributed by atoms with E-state index in [0.717, 1.165) is 24.5 Å². The van der Waals surface area contributed by atoms with Crippen molar-refractivity contribution < 1.29 is 4.79 Å². The molecule has 1 aromatic rings. The first kappa shape index (κ1) is 16.7. The first-order valence-electron chi connectivity index (χ1n) is 8.18. The van der Waals surface area contributed by atoms with Gasteiger partial charge in [0, 0.05) is 31.7 Å². The Balaban J connectivity index is 2.01. The van der Waals surface area contributed by atoms with E-state index in [1.807, 2.05) is 26.1 Å². The van der Waals surface area contributed by atoms with Gasteiger partial charge in [0.2, 0.25) is 5.91 Å². The summed E-state index contributed by atoms with van der Waals surface area (Å²) in [5, 5.41) is 3.01. The van der Waals surface area contributed by atoms with E-state index in [1.54, 1.807) is 0 Å². The Kier molecular flexibility index (Phi) is 5.77. The Morgan fingerprint density at radius 2 is 2.14 bits per heavy atom. The molecule has 0 aromatic carbocycles. The monoisotopic (exact) mass is 304 g/mol. The van der Waals surface area contributed by atoms with Crippen LogP contribution in [0.2, 0.25) is 0 Å². The first-order valence-corrected chi connectivity index (χ1v) is 8.18. The summed E-state index contributed by atoms with van der Waals surface area (Å²) in [6, 6.07) is 4.78. The third kappa shape index (κ3) is 4.19. The summed E-state index contributed by atoms with van der Waals surface area (Å²) in [7, 11) is 4.30. The SMILES string of the molecule is CCC(=O)N[C@H](C)c1ccnc(N2CCC(N(C)C)CC2)c1. The average molecular weight is 304 g/mol. The van der Waals surface area contributed by atoms with Crippen LogP contribution in [0.3, 0.4) is 0 Å². The minimum atomic E-state index is 0.0218. The van der Waals surface area contributed by atoms with E-state index in [0.29, 0.717) is 12.5 Å². The lowest BCUT2D eigenvalue weighted by Crippen LogP contribution is -2.42. The Labute approximate surface area is 133 Å². The van der Waals surface area contributed by atoms with Crippen molar-refractivity contribution in [3.8, 4) is 0 Å². The Morgan fingerprint density at radius 3 is 2.73 bits per heavy atom. The van der Waals surface area contributed by atoms with Crippen LogP contribution in [0, 0.1) is 0 Å². The number of nitrogens with one attached hydrogen (secondary N) is 1. The molecule has 0 spiro atoms. The third-order valence-corrected chi connectivity index (χ3v) is 4.49. The number of carbonyl (C=O) groups is 1. The molecule has 0 unspecified atom stereocenters. The number of piperidine rings is 1. The van der Waals surface area contributed by atoms with Crippen molar-refractivity contribution in [2.24, 2.45) is 0 Å². The van der Waals surface area contributed by atoms with Crippen molar-refractivity contribution in [2.75, 3.05) is 32.1 Å². The molecule has 0 bridgehead atoms. The molecule has 1 saturated heterocycles. The molecular formula is C17H28N4O. The zero-order chi connectivity index (χ0) is 16.1. The van der Waals surface area contributed by atoms with Gasteiger partial charge in [-0.15, -0.1) is 0 Å². The molecule has 1 atom stereocenters. The van der Waals surface area contributed by atoms with Crippen molar-refractivity contribution in [2.45, 2.75) is 45.2 Å². The predicted molar refractivity (Wildman–Crippen MR) is 90.0 cm³/mol. The predicted octanol–water partition coefficient (Wildman–Crippen LogP) is 2.20. The van der Waals surface area contributed by atoms with Gasteiger partial charge >= 0.3 is 0 Å². The number of nitrogens with zero attached hydrogens (tertiary/aromatic N) is 3. The molecule has 5 nitrogen and oxygen atoms in total. The van der Waals surface area contributed by atoms with Gasteiger partial charge in [-0.25, -0.2) is 4.98 Å². The molecule has 22 heavy (non-hydrogen) atoms. The average Bonchev–Trinajstić information content (AvgIpc) is 2.54. The minimum Gasteiger partial charge on any atom is -0.356 e. The standard InChI is InChI=1S/C17H28N4O/c1-5-17(22)19-13(2)14-6-9-18-16(12-14)21-10-7-15(8-11-21)20(3)4/h6,9,12-13,15H,5,7-8,10-11H2,1-4H3,(H,19,22)/t13-/m1/s1. The number of hydrogen-bond acceptors (Lipinski definition) is 4. The second-order valence-electron chi connectivity index (χ2n) is 6.27. The van der Waals surface area contributed by atoms with Crippen molar-refractivity contribution in [3.63, 3.8) is 0 Å². The van der Waals surface area contributed by atoms with Gasteiger partial charge in [0.25, 0.3) is 0 Å². The number of carbonyl (C=O) groups excluding carboxylic acids is 1. The Bertz CT molecular complexity index is 495. The summed E-state index contributed by atoms with van der Waals surface area (Å²) in [6.07, 6.45) is 4.69. The van der Waals surface area contributed by atoms with E-state index in [-0.39, 0.29) is 11.9 Å². The van der Waals surface area contributed by atoms with Crippen LogP contribution in [0.15, 0.2) is 18.3 Å². The molecule has 1 amide bonds. The number of amides is 1. The topological polar surface area (TPSA) is 48.5 Å². The smallest absolute Gasteiger partial charge is 0.220 e. The zero-order valence-electron chi connectivity index (χ0n) is 14.2. The Hall–Kier alpha value is -1.62. The Morgan fingerprint density at radius 1 is 1.45 bits per heavy atom. The van der Waals surface area contributed by atoms with Gasteiger partial charge in [0.15, 0.2) is 0 Å². The molecular weight excluding hydrogens is 276 g/mol. The summed E-state index contributed by atoms with van der Waals surface area (Å²) < 4.78 is 0. The van der Waals surface area contributed by atoms with Crippen LogP contribution in [0.5, 0.6) is 0 Å². The fraction of sp³-hybridized carbons (Fsp3) is 0.647. The molecule has 1 aliphatic heterocycles. The number of pyridine rings is 1.